The first kappa shape index (κ1) is 13.5. The Morgan fingerprint density at radius 1 is 1.44 bits per heavy atom. The van der Waals surface area contributed by atoms with Crippen LogP contribution < -0.4 is 5.73 Å². The Balaban J connectivity index is 2.01. The lowest BCUT2D eigenvalue weighted by Crippen LogP contribution is -2.37. The van der Waals surface area contributed by atoms with Gasteiger partial charge in [-0.2, -0.15) is 4.98 Å². The average molecular weight is 253 g/mol. The summed E-state index contributed by atoms with van der Waals surface area (Å²) < 4.78 is 10.7. The van der Waals surface area contributed by atoms with Crippen LogP contribution in [-0.2, 0) is 11.2 Å². The van der Waals surface area contributed by atoms with Crippen molar-refractivity contribution in [2.45, 2.75) is 52.2 Å². The van der Waals surface area contributed by atoms with Crippen molar-refractivity contribution in [1.29, 1.82) is 0 Å². The van der Waals surface area contributed by atoms with Crippen molar-refractivity contribution < 1.29 is 9.26 Å². The van der Waals surface area contributed by atoms with E-state index in [1.165, 1.54) is 12.8 Å². The van der Waals surface area contributed by atoms with E-state index in [1.807, 2.05) is 0 Å². The Bertz CT molecular complexity index is 393. The average Bonchev–Trinajstić information content (AvgIpc) is 3.00. The van der Waals surface area contributed by atoms with Gasteiger partial charge in [-0.3, -0.25) is 0 Å². The van der Waals surface area contributed by atoms with Gasteiger partial charge in [0.25, 0.3) is 0 Å². The van der Waals surface area contributed by atoms with E-state index >= 15 is 0 Å². The third-order valence-corrected chi connectivity index (χ3v) is 3.55. The summed E-state index contributed by atoms with van der Waals surface area (Å²) in [6.45, 7) is 6.32. The molecule has 102 valence electrons. The molecule has 2 N–H and O–H groups in total. The van der Waals surface area contributed by atoms with E-state index in [2.05, 4.69) is 30.9 Å². The Labute approximate surface area is 108 Å². The summed E-state index contributed by atoms with van der Waals surface area (Å²) in [4.78, 5) is 4.41. The third kappa shape index (κ3) is 3.09. The van der Waals surface area contributed by atoms with Crippen molar-refractivity contribution in [2.75, 3.05) is 7.11 Å². The molecule has 0 spiro atoms. The van der Waals surface area contributed by atoms with Gasteiger partial charge in [-0.05, 0) is 24.2 Å². The number of methoxy groups -OCH3 is 1. The number of aromatic nitrogens is 2. The molecule has 0 aliphatic heterocycles. The molecule has 0 radical (unpaired) electrons. The highest BCUT2D eigenvalue weighted by Gasteiger charge is 2.36. The lowest BCUT2D eigenvalue weighted by molar-refractivity contribution is 0.0751. The monoisotopic (exact) mass is 253 g/mol. The molecule has 2 unspecified atom stereocenters. The molecule has 1 saturated carbocycles. The van der Waals surface area contributed by atoms with Gasteiger partial charge in [0.05, 0.1) is 0 Å². The van der Waals surface area contributed by atoms with Gasteiger partial charge in [0.1, 0.15) is 6.10 Å². The number of nitrogens with zero attached hydrogens (tertiary/aromatic N) is 2. The Kier molecular flexibility index (Phi) is 3.73. The van der Waals surface area contributed by atoms with E-state index in [1.54, 1.807) is 7.11 Å². The second-order valence-electron chi connectivity index (χ2n) is 6.22. The molecule has 1 aliphatic rings. The van der Waals surface area contributed by atoms with Crippen LogP contribution in [0.5, 0.6) is 0 Å². The lowest BCUT2D eigenvalue weighted by atomic mass is 9.85. The van der Waals surface area contributed by atoms with Crippen molar-refractivity contribution >= 4 is 0 Å². The van der Waals surface area contributed by atoms with Gasteiger partial charge in [0, 0.05) is 19.6 Å². The lowest BCUT2D eigenvalue weighted by Gasteiger charge is -2.25. The zero-order chi connectivity index (χ0) is 13.3. The van der Waals surface area contributed by atoms with Crippen molar-refractivity contribution in [1.82, 2.24) is 10.1 Å². The molecule has 1 heterocycles. The van der Waals surface area contributed by atoms with Gasteiger partial charge in [-0.1, -0.05) is 25.9 Å². The number of ether oxygens (including phenoxy) is 1. The summed E-state index contributed by atoms with van der Waals surface area (Å²) in [5, 5.41) is 4.02. The summed E-state index contributed by atoms with van der Waals surface area (Å²) in [7, 11) is 1.69. The number of hydrogen-bond acceptors (Lipinski definition) is 5. The molecule has 5 heteroatoms. The predicted octanol–water partition coefficient (Wildman–Crippen LogP) is 2.08. The van der Waals surface area contributed by atoms with Crippen LogP contribution in [-0.4, -0.2) is 23.3 Å². The maximum absolute atomic E-state index is 6.11. The Hall–Kier alpha value is -0.940. The van der Waals surface area contributed by atoms with Crippen molar-refractivity contribution in [3.8, 4) is 0 Å². The van der Waals surface area contributed by atoms with E-state index in [0.717, 1.165) is 0 Å². The number of rotatable bonds is 5. The Morgan fingerprint density at radius 3 is 2.61 bits per heavy atom. The fourth-order valence-corrected chi connectivity index (χ4v) is 1.87. The molecular formula is C13H23N3O2. The van der Waals surface area contributed by atoms with Crippen LogP contribution in [0.15, 0.2) is 4.52 Å². The first-order chi connectivity index (χ1) is 8.41. The van der Waals surface area contributed by atoms with Crippen LogP contribution in [0.4, 0.5) is 0 Å². The van der Waals surface area contributed by atoms with Gasteiger partial charge in [0.2, 0.25) is 11.7 Å². The van der Waals surface area contributed by atoms with Crippen LogP contribution in [0.25, 0.3) is 0 Å². The SMILES string of the molecule is COC(c1noc(CC(N)C(C)(C)C)n1)C1CC1. The maximum Gasteiger partial charge on any atom is 0.228 e. The highest BCUT2D eigenvalue weighted by Crippen LogP contribution is 2.41. The molecule has 0 aromatic carbocycles. The molecule has 2 rings (SSSR count). The molecule has 18 heavy (non-hydrogen) atoms. The fraction of sp³-hybridized carbons (Fsp3) is 0.846. The van der Waals surface area contributed by atoms with Crippen LogP contribution in [0.3, 0.4) is 0 Å². The molecule has 1 aromatic rings. The van der Waals surface area contributed by atoms with Gasteiger partial charge in [-0.25, -0.2) is 0 Å². The van der Waals surface area contributed by atoms with Gasteiger partial charge >= 0.3 is 0 Å². The number of hydrogen-bond donors (Lipinski definition) is 1. The van der Waals surface area contributed by atoms with Crippen molar-refractivity contribution in [2.24, 2.45) is 17.1 Å². The minimum absolute atomic E-state index is 0.00715. The Morgan fingerprint density at radius 2 is 2.11 bits per heavy atom. The zero-order valence-electron chi connectivity index (χ0n) is 11.6. The van der Waals surface area contributed by atoms with Crippen molar-refractivity contribution in [3.63, 3.8) is 0 Å². The van der Waals surface area contributed by atoms with Crippen molar-refractivity contribution in [3.05, 3.63) is 11.7 Å². The second kappa shape index (κ2) is 4.97. The first-order valence-corrected chi connectivity index (χ1v) is 6.52. The molecule has 0 saturated heterocycles. The van der Waals surface area contributed by atoms with Gasteiger partial charge in [0.15, 0.2) is 0 Å². The maximum atomic E-state index is 6.11. The highest BCUT2D eigenvalue weighted by atomic mass is 16.5. The first-order valence-electron chi connectivity index (χ1n) is 6.52. The zero-order valence-corrected chi connectivity index (χ0v) is 11.6. The molecule has 1 fully saturated rings. The van der Waals surface area contributed by atoms with Crippen LogP contribution in [0.1, 0.15) is 51.4 Å². The largest absolute Gasteiger partial charge is 0.373 e. The molecule has 5 nitrogen and oxygen atoms in total. The van der Waals surface area contributed by atoms with E-state index < -0.39 is 0 Å². The standard InChI is InChI=1S/C13H23N3O2/c1-13(2,3)9(14)7-10-15-12(16-18-10)11(17-4)8-5-6-8/h8-9,11H,5-7,14H2,1-4H3. The molecule has 1 aromatic heterocycles. The van der Waals surface area contributed by atoms with Crippen LogP contribution in [0, 0.1) is 11.3 Å². The summed E-state index contributed by atoms with van der Waals surface area (Å²) in [6, 6.07) is 0.00715. The molecule has 0 amide bonds. The molecule has 1 aliphatic carbocycles. The molecule has 0 bridgehead atoms. The normalized spacial score (nSPS) is 19.8. The van der Waals surface area contributed by atoms with Crippen LogP contribution >= 0.6 is 0 Å². The van der Waals surface area contributed by atoms with E-state index in [0.29, 0.717) is 24.1 Å². The highest BCUT2D eigenvalue weighted by molar-refractivity contribution is 4.99. The van der Waals surface area contributed by atoms with Gasteiger partial charge in [-0.15, -0.1) is 0 Å². The summed E-state index contributed by atoms with van der Waals surface area (Å²) in [5.41, 5.74) is 6.15. The summed E-state index contributed by atoms with van der Waals surface area (Å²) in [5.74, 6) is 1.82. The molecule has 2 atom stereocenters. The quantitative estimate of drug-likeness (QED) is 0.869. The summed E-state index contributed by atoms with van der Waals surface area (Å²) >= 11 is 0. The van der Waals surface area contributed by atoms with E-state index in [-0.39, 0.29) is 17.6 Å². The van der Waals surface area contributed by atoms with E-state index in [4.69, 9.17) is 15.0 Å². The minimum Gasteiger partial charge on any atom is -0.373 e. The fourth-order valence-electron chi connectivity index (χ4n) is 1.87. The topological polar surface area (TPSA) is 74.2 Å². The smallest absolute Gasteiger partial charge is 0.228 e. The summed E-state index contributed by atoms with van der Waals surface area (Å²) in [6.07, 6.45) is 2.96. The minimum atomic E-state index is -0.0200. The second-order valence-corrected chi connectivity index (χ2v) is 6.22. The van der Waals surface area contributed by atoms with Crippen LogP contribution in [0.2, 0.25) is 0 Å². The van der Waals surface area contributed by atoms with Gasteiger partial charge < -0.3 is 15.0 Å². The predicted molar refractivity (Wildman–Crippen MR) is 67.9 cm³/mol. The van der Waals surface area contributed by atoms with E-state index in [9.17, 15) is 0 Å². The third-order valence-electron chi connectivity index (χ3n) is 3.55. The molecular weight excluding hydrogens is 230 g/mol. The number of nitrogens with two attached hydrogens (primary N) is 1.